The monoisotopic (exact) mass is 299 g/mol. The van der Waals surface area contributed by atoms with Crippen molar-refractivity contribution >= 4 is 5.91 Å². The lowest BCUT2D eigenvalue weighted by Gasteiger charge is -2.20. The summed E-state index contributed by atoms with van der Waals surface area (Å²) >= 11 is 0. The lowest BCUT2D eigenvalue weighted by Crippen LogP contribution is -2.38. The molecule has 2 aromatic rings. The number of hydrogen-bond acceptors (Lipinski definition) is 4. The molecular weight excluding hydrogens is 278 g/mol. The van der Waals surface area contributed by atoms with Gasteiger partial charge < -0.3 is 15.0 Å². The predicted molar refractivity (Wildman–Crippen MR) is 86.2 cm³/mol. The van der Waals surface area contributed by atoms with Crippen molar-refractivity contribution in [3.05, 3.63) is 54.4 Å². The Balaban J connectivity index is 2.09. The van der Waals surface area contributed by atoms with E-state index in [1.807, 2.05) is 26.2 Å². The molecule has 5 heteroatoms. The van der Waals surface area contributed by atoms with E-state index in [1.54, 1.807) is 36.7 Å². The quantitative estimate of drug-likeness (QED) is 0.890. The first-order valence-electron chi connectivity index (χ1n) is 7.19. The number of benzene rings is 1. The van der Waals surface area contributed by atoms with E-state index in [0.717, 1.165) is 0 Å². The molecule has 1 amide bonds. The molecule has 0 aliphatic heterocycles. The summed E-state index contributed by atoms with van der Waals surface area (Å²) in [5.74, 6) is 0.975. The third kappa shape index (κ3) is 4.30. The second-order valence-electron chi connectivity index (χ2n) is 5.31. The average molecular weight is 299 g/mol. The fraction of sp³-hybridized carbons (Fsp3) is 0.294. The first-order chi connectivity index (χ1) is 10.6. The summed E-state index contributed by atoms with van der Waals surface area (Å²) in [6, 6.07) is 11.0. The lowest BCUT2D eigenvalue weighted by atomic mass is 10.2. The third-order valence-electron chi connectivity index (χ3n) is 3.43. The summed E-state index contributed by atoms with van der Waals surface area (Å²) in [5, 5.41) is 2.93. The molecule has 2 rings (SSSR count). The second-order valence-corrected chi connectivity index (χ2v) is 5.31. The van der Waals surface area contributed by atoms with Crippen LogP contribution >= 0.6 is 0 Å². The van der Waals surface area contributed by atoms with Gasteiger partial charge in [-0.1, -0.05) is 12.1 Å². The fourth-order valence-electron chi connectivity index (χ4n) is 1.80. The zero-order valence-corrected chi connectivity index (χ0v) is 13.1. The third-order valence-corrected chi connectivity index (χ3v) is 3.43. The molecule has 0 aliphatic rings. The Morgan fingerprint density at radius 1 is 1.27 bits per heavy atom. The summed E-state index contributed by atoms with van der Waals surface area (Å²) in [6.07, 6.45) is 3.29. The van der Waals surface area contributed by atoms with Crippen LogP contribution in [0.5, 0.6) is 11.5 Å². The Bertz CT molecular complexity index is 614. The molecule has 5 nitrogen and oxygen atoms in total. The normalized spacial score (nSPS) is 12.0. The molecule has 1 N–H and O–H groups in total. The number of para-hydroxylation sites is 1. The van der Waals surface area contributed by atoms with E-state index >= 15 is 0 Å². The van der Waals surface area contributed by atoms with Crippen LogP contribution in [0.3, 0.4) is 0 Å². The maximum Gasteiger partial charge on any atom is 0.255 e. The van der Waals surface area contributed by atoms with Gasteiger partial charge in [0.25, 0.3) is 5.91 Å². The van der Waals surface area contributed by atoms with E-state index in [-0.39, 0.29) is 11.9 Å². The van der Waals surface area contributed by atoms with Gasteiger partial charge in [-0.15, -0.1) is 0 Å². The van der Waals surface area contributed by atoms with Crippen LogP contribution in [-0.4, -0.2) is 42.5 Å². The van der Waals surface area contributed by atoms with Gasteiger partial charge in [-0.25, -0.2) is 0 Å². The molecule has 0 bridgehead atoms. The minimum atomic E-state index is -0.145. The molecule has 1 heterocycles. The highest BCUT2D eigenvalue weighted by Gasteiger charge is 2.14. The Morgan fingerprint density at radius 2 is 2.05 bits per heavy atom. The zero-order chi connectivity index (χ0) is 15.9. The number of nitrogens with zero attached hydrogens (tertiary/aromatic N) is 2. The number of carbonyl (C=O) groups is 1. The summed E-state index contributed by atoms with van der Waals surface area (Å²) in [5.41, 5.74) is 0.511. The van der Waals surface area contributed by atoms with Gasteiger partial charge >= 0.3 is 0 Å². The summed E-state index contributed by atoms with van der Waals surface area (Å²) in [6.45, 7) is 2.63. The maximum atomic E-state index is 12.4. The number of pyridine rings is 1. The highest BCUT2D eigenvalue weighted by molar-refractivity contribution is 5.97. The van der Waals surface area contributed by atoms with Crippen molar-refractivity contribution in [3.8, 4) is 11.5 Å². The molecule has 0 fully saturated rings. The van der Waals surface area contributed by atoms with E-state index in [2.05, 4.69) is 22.1 Å². The molecule has 1 atom stereocenters. The topological polar surface area (TPSA) is 54.5 Å². The average Bonchev–Trinajstić information content (AvgIpc) is 2.53. The van der Waals surface area contributed by atoms with E-state index in [4.69, 9.17) is 4.74 Å². The standard InChI is InChI=1S/C17H21N3O2/c1-13(20(2)3)11-19-17(21)15-8-4-5-9-16(15)22-14-7-6-10-18-12-14/h4-10,12-13H,11H2,1-3H3,(H,19,21). The van der Waals surface area contributed by atoms with Crippen LogP contribution in [-0.2, 0) is 0 Å². The van der Waals surface area contributed by atoms with E-state index in [0.29, 0.717) is 23.6 Å². The fourth-order valence-corrected chi connectivity index (χ4v) is 1.80. The largest absolute Gasteiger partial charge is 0.455 e. The molecule has 1 unspecified atom stereocenters. The van der Waals surface area contributed by atoms with Crippen LogP contribution in [0.4, 0.5) is 0 Å². The van der Waals surface area contributed by atoms with Gasteiger partial charge in [-0.05, 0) is 45.3 Å². The van der Waals surface area contributed by atoms with Crippen molar-refractivity contribution < 1.29 is 9.53 Å². The number of aromatic nitrogens is 1. The Hall–Kier alpha value is -2.40. The molecule has 116 valence electrons. The summed E-state index contributed by atoms with van der Waals surface area (Å²) in [7, 11) is 3.96. The number of rotatable bonds is 6. The first kappa shape index (κ1) is 16.0. The Kier molecular flexibility index (Phi) is 5.49. The number of nitrogens with one attached hydrogen (secondary N) is 1. The number of carbonyl (C=O) groups excluding carboxylic acids is 1. The first-order valence-corrected chi connectivity index (χ1v) is 7.19. The van der Waals surface area contributed by atoms with Crippen molar-refractivity contribution in [1.82, 2.24) is 15.2 Å². The van der Waals surface area contributed by atoms with Gasteiger partial charge in [0.2, 0.25) is 0 Å². The smallest absolute Gasteiger partial charge is 0.255 e. The van der Waals surface area contributed by atoms with Crippen molar-refractivity contribution in [1.29, 1.82) is 0 Å². The molecule has 0 saturated heterocycles. The van der Waals surface area contributed by atoms with Gasteiger partial charge in [-0.3, -0.25) is 9.78 Å². The summed E-state index contributed by atoms with van der Waals surface area (Å²) in [4.78, 5) is 18.4. The molecule has 22 heavy (non-hydrogen) atoms. The second kappa shape index (κ2) is 7.56. The van der Waals surface area contributed by atoms with E-state index < -0.39 is 0 Å². The SMILES string of the molecule is CC(CNC(=O)c1ccccc1Oc1cccnc1)N(C)C. The highest BCUT2D eigenvalue weighted by Crippen LogP contribution is 2.24. The molecule has 0 aliphatic carbocycles. The number of amides is 1. The van der Waals surface area contributed by atoms with Crippen molar-refractivity contribution in [3.63, 3.8) is 0 Å². The summed E-state index contributed by atoms with van der Waals surface area (Å²) < 4.78 is 5.75. The number of likely N-dealkylation sites (N-methyl/N-ethyl adjacent to an activating group) is 1. The minimum Gasteiger partial charge on any atom is -0.455 e. The molecule has 0 spiro atoms. The van der Waals surface area contributed by atoms with Gasteiger partial charge in [0, 0.05) is 18.8 Å². The zero-order valence-electron chi connectivity index (χ0n) is 13.1. The van der Waals surface area contributed by atoms with Crippen LogP contribution in [0.25, 0.3) is 0 Å². The highest BCUT2D eigenvalue weighted by atomic mass is 16.5. The van der Waals surface area contributed by atoms with Gasteiger partial charge in [0.1, 0.15) is 11.5 Å². The van der Waals surface area contributed by atoms with Crippen molar-refractivity contribution in [2.75, 3.05) is 20.6 Å². The van der Waals surface area contributed by atoms with Crippen LogP contribution in [0, 0.1) is 0 Å². The number of hydrogen-bond donors (Lipinski definition) is 1. The molecule has 0 radical (unpaired) electrons. The predicted octanol–water partition coefficient (Wildman–Crippen LogP) is 2.55. The molecule has 0 saturated carbocycles. The van der Waals surface area contributed by atoms with Gasteiger partial charge in [0.15, 0.2) is 0 Å². The lowest BCUT2D eigenvalue weighted by molar-refractivity contribution is 0.0941. The van der Waals surface area contributed by atoms with Crippen LogP contribution in [0.15, 0.2) is 48.8 Å². The van der Waals surface area contributed by atoms with Crippen LogP contribution in [0.2, 0.25) is 0 Å². The molecule has 1 aromatic carbocycles. The van der Waals surface area contributed by atoms with Crippen LogP contribution in [0.1, 0.15) is 17.3 Å². The van der Waals surface area contributed by atoms with Crippen molar-refractivity contribution in [2.45, 2.75) is 13.0 Å². The minimum absolute atomic E-state index is 0.145. The Labute approximate surface area is 130 Å². The maximum absolute atomic E-state index is 12.4. The molecule has 1 aromatic heterocycles. The Morgan fingerprint density at radius 3 is 2.73 bits per heavy atom. The van der Waals surface area contributed by atoms with E-state index in [9.17, 15) is 4.79 Å². The molecular formula is C17H21N3O2. The number of ether oxygens (including phenoxy) is 1. The van der Waals surface area contributed by atoms with Crippen LogP contribution < -0.4 is 10.1 Å². The van der Waals surface area contributed by atoms with Gasteiger partial charge in [0.05, 0.1) is 11.8 Å². The van der Waals surface area contributed by atoms with Gasteiger partial charge in [-0.2, -0.15) is 0 Å². The van der Waals surface area contributed by atoms with E-state index in [1.165, 1.54) is 0 Å². The van der Waals surface area contributed by atoms with Crippen molar-refractivity contribution in [2.24, 2.45) is 0 Å².